The second kappa shape index (κ2) is 11.0. The maximum atomic E-state index is 13.2. The number of aliphatic carboxylic acids is 1. The SMILES string of the molecule is Cc1cc2nc(-c3ccnc(-n4ccc5ccncc5c4=O)c3)sc2c(-c2ccc(Cl)cc2)c1[C@H](OC(C)(C)C)C(=O)O. The first kappa shape index (κ1) is 28.7. The predicted octanol–water partition coefficient (Wildman–Crippen LogP) is 7.63. The van der Waals surface area contributed by atoms with E-state index in [0.717, 1.165) is 37.9 Å². The lowest BCUT2D eigenvalue weighted by Gasteiger charge is -2.28. The number of rotatable bonds is 6. The lowest BCUT2D eigenvalue weighted by molar-refractivity contribution is -0.160. The first-order chi connectivity index (χ1) is 20.5. The number of aryl methyl sites for hydroxylation is 1. The van der Waals surface area contributed by atoms with Crippen molar-refractivity contribution in [3.8, 4) is 27.5 Å². The molecule has 1 N–H and O–H groups in total. The molecule has 10 heteroatoms. The van der Waals surface area contributed by atoms with E-state index in [0.29, 0.717) is 26.8 Å². The smallest absolute Gasteiger partial charge is 0.337 e. The number of benzene rings is 2. The van der Waals surface area contributed by atoms with Crippen molar-refractivity contribution in [1.82, 2.24) is 19.5 Å². The highest BCUT2D eigenvalue weighted by Crippen LogP contribution is 2.44. The van der Waals surface area contributed by atoms with E-state index in [1.165, 1.54) is 15.9 Å². The molecule has 43 heavy (non-hydrogen) atoms. The molecule has 0 unspecified atom stereocenters. The highest BCUT2D eigenvalue weighted by atomic mass is 35.5. The minimum Gasteiger partial charge on any atom is -0.479 e. The molecule has 4 aromatic heterocycles. The zero-order chi connectivity index (χ0) is 30.5. The number of fused-ring (bicyclic) bond motifs is 2. The zero-order valence-corrected chi connectivity index (χ0v) is 25.4. The summed E-state index contributed by atoms with van der Waals surface area (Å²) in [5.41, 5.74) is 3.42. The standard InChI is InChI=1S/C33H27ClN4O4S/c1-18-15-24-29(27(20-5-7-22(34)8-6-20)26(18)28(32(40)41)42-33(2,3)4)43-30(37-24)21-10-13-36-25(16-21)38-14-11-19-9-12-35-17-23(19)31(38)39/h5-17,28H,1-4H3,(H,40,41)/t28-/m0/s1. The molecule has 0 radical (unpaired) electrons. The normalized spacial score (nSPS) is 12.6. The molecule has 1 atom stereocenters. The summed E-state index contributed by atoms with van der Waals surface area (Å²) in [6.45, 7) is 7.38. The molecule has 0 amide bonds. The van der Waals surface area contributed by atoms with Gasteiger partial charge in [0.15, 0.2) is 6.10 Å². The summed E-state index contributed by atoms with van der Waals surface area (Å²) < 4.78 is 8.42. The van der Waals surface area contributed by atoms with Crippen LogP contribution in [0.2, 0.25) is 5.02 Å². The average Bonchev–Trinajstić information content (AvgIpc) is 3.39. The Morgan fingerprint density at radius 3 is 2.53 bits per heavy atom. The maximum Gasteiger partial charge on any atom is 0.337 e. The fourth-order valence-electron chi connectivity index (χ4n) is 5.11. The van der Waals surface area contributed by atoms with E-state index in [1.807, 2.05) is 64.1 Å². The van der Waals surface area contributed by atoms with Gasteiger partial charge in [-0.25, -0.2) is 14.8 Å². The molecule has 0 spiro atoms. The Bertz CT molecular complexity index is 2080. The average molecular weight is 611 g/mol. The number of hydrogen-bond donors (Lipinski definition) is 1. The van der Waals surface area contributed by atoms with Gasteiger partial charge in [-0.1, -0.05) is 23.7 Å². The van der Waals surface area contributed by atoms with Crippen LogP contribution in [0.5, 0.6) is 0 Å². The first-order valence-corrected chi connectivity index (χ1v) is 14.7. The molecule has 216 valence electrons. The number of ether oxygens (including phenoxy) is 1. The lowest BCUT2D eigenvalue weighted by atomic mass is 9.91. The second-order valence-electron chi connectivity index (χ2n) is 11.2. The fourth-order valence-corrected chi connectivity index (χ4v) is 6.35. The van der Waals surface area contributed by atoms with E-state index < -0.39 is 17.7 Å². The van der Waals surface area contributed by atoms with E-state index in [2.05, 4.69) is 9.97 Å². The lowest BCUT2D eigenvalue weighted by Crippen LogP contribution is -2.28. The highest BCUT2D eigenvalue weighted by Gasteiger charge is 2.32. The summed E-state index contributed by atoms with van der Waals surface area (Å²) in [5.74, 6) is -0.626. The number of aromatic nitrogens is 4. The minimum atomic E-state index is -1.21. The Balaban J connectivity index is 1.55. The summed E-state index contributed by atoms with van der Waals surface area (Å²) in [6.07, 6.45) is 5.34. The van der Waals surface area contributed by atoms with E-state index in [9.17, 15) is 14.7 Å². The van der Waals surface area contributed by atoms with Gasteiger partial charge >= 0.3 is 5.97 Å². The Morgan fingerprint density at radius 2 is 1.81 bits per heavy atom. The van der Waals surface area contributed by atoms with Crippen LogP contribution in [0, 0.1) is 6.92 Å². The molecule has 0 bridgehead atoms. The number of thiazole rings is 1. The number of pyridine rings is 3. The van der Waals surface area contributed by atoms with E-state index in [1.54, 1.807) is 43.0 Å². The van der Waals surface area contributed by atoms with Gasteiger partial charge in [0.1, 0.15) is 10.8 Å². The number of carboxylic acids is 1. The molecule has 6 rings (SSSR count). The largest absolute Gasteiger partial charge is 0.479 e. The van der Waals surface area contributed by atoms with Gasteiger partial charge in [0, 0.05) is 46.5 Å². The molecule has 6 aromatic rings. The number of nitrogens with zero attached hydrogens (tertiary/aromatic N) is 4. The Hall–Kier alpha value is -4.44. The van der Waals surface area contributed by atoms with Crippen LogP contribution in [0.25, 0.3) is 48.5 Å². The van der Waals surface area contributed by atoms with Crippen LogP contribution in [0.1, 0.15) is 38.0 Å². The molecule has 0 aliphatic heterocycles. The summed E-state index contributed by atoms with van der Waals surface area (Å²) in [5, 5.41) is 12.9. The molecule has 8 nitrogen and oxygen atoms in total. The molecule has 0 saturated carbocycles. The number of hydrogen-bond acceptors (Lipinski definition) is 7. The number of carboxylic acid groups (broad SMARTS) is 1. The third kappa shape index (κ3) is 5.54. The third-order valence-electron chi connectivity index (χ3n) is 6.97. The fraction of sp³-hybridized carbons (Fsp3) is 0.182. The van der Waals surface area contributed by atoms with Gasteiger partial charge < -0.3 is 9.84 Å². The van der Waals surface area contributed by atoms with Crippen molar-refractivity contribution < 1.29 is 14.6 Å². The number of carbonyl (C=O) groups is 1. The van der Waals surface area contributed by atoms with E-state index in [-0.39, 0.29) is 5.56 Å². The number of halogens is 1. The predicted molar refractivity (Wildman–Crippen MR) is 170 cm³/mol. The quantitative estimate of drug-likeness (QED) is 0.207. The Labute approximate surface area is 256 Å². The van der Waals surface area contributed by atoms with Gasteiger partial charge in [0.25, 0.3) is 5.56 Å². The Morgan fingerprint density at radius 1 is 1.05 bits per heavy atom. The maximum absolute atomic E-state index is 13.2. The van der Waals surface area contributed by atoms with Crippen molar-refractivity contribution in [1.29, 1.82) is 0 Å². The summed E-state index contributed by atoms with van der Waals surface area (Å²) in [4.78, 5) is 39.4. The topological polar surface area (TPSA) is 107 Å². The highest BCUT2D eigenvalue weighted by molar-refractivity contribution is 7.22. The van der Waals surface area contributed by atoms with Crippen LogP contribution in [-0.4, -0.2) is 36.2 Å². The van der Waals surface area contributed by atoms with Crippen molar-refractivity contribution in [3.63, 3.8) is 0 Å². The molecule has 0 saturated heterocycles. The van der Waals surface area contributed by atoms with E-state index >= 15 is 0 Å². The molecule has 0 aliphatic carbocycles. The van der Waals surface area contributed by atoms with Crippen molar-refractivity contribution in [2.75, 3.05) is 0 Å². The van der Waals surface area contributed by atoms with Gasteiger partial charge in [-0.05, 0) is 86.7 Å². The van der Waals surface area contributed by atoms with Gasteiger partial charge in [0.05, 0.1) is 21.2 Å². The van der Waals surface area contributed by atoms with Gasteiger partial charge in [-0.3, -0.25) is 14.3 Å². The zero-order valence-electron chi connectivity index (χ0n) is 23.8. The second-order valence-corrected chi connectivity index (χ2v) is 12.6. The monoisotopic (exact) mass is 610 g/mol. The van der Waals surface area contributed by atoms with Crippen molar-refractivity contribution in [3.05, 3.63) is 106 Å². The third-order valence-corrected chi connectivity index (χ3v) is 8.35. The Kier molecular flexibility index (Phi) is 7.33. The summed E-state index contributed by atoms with van der Waals surface area (Å²) >= 11 is 7.66. The van der Waals surface area contributed by atoms with Crippen molar-refractivity contribution in [2.24, 2.45) is 0 Å². The van der Waals surface area contributed by atoms with Crippen LogP contribution in [-0.2, 0) is 9.53 Å². The van der Waals surface area contributed by atoms with Gasteiger partial charge in [-0.15, -0.1) is 11.3 Å². The van der Waals surface area contributed by atoms with Crippen molar-refractivity contribution in [2.45, 2.75) is 39.4 Å². The first-order valence-electron chi connectivity index (χ1n) is 13.5. The van der Waals surface area contributed by atoms with Crippen LogP contribution in [0.3, 0.4) is 0 Å². The molecular formula is C33H27ClN4O4S. The molecule has 0 fully saturated rings. The molecule has 2 aromatic carbocycles. The van der Waals surface area contributed by atoms with E-state index in [4.69, 9.17) is 21.3 Å². The molecule has 0 aliphatic rings. The molecule has 4 heterocycles. The van der Waals surface area contributed by atoms with Gasteiger partial charge in [0.2, 0.25) is 0 Å². The van der Waals surface area contributed by atoms with Crippen LogP contribution >= 0.6 is 22.9 Å². The minimum absolute atomic E-state index is 0.219. The van der Waals surface area contributed by atoms with Gasteiger partial charge in [-0.2, -0.15) is 0 Å². The summed E-state index contributed by atoms with van der Waals surface area (Å²) in [7, 11) is 0. The van der Waals surface area contributed by atoms with Crippen LogP contribution < -0.4 is 5.56 Å². The van der Waals surface area contributed by atoms with Crippen LogP contribution in [0.15, 0.2) is 84.2 Å². The summed E-state index contributed by atoms with van der Waals surface area (Å²) in [6, 6.07) is 16.5. The van der Waals surface area contributed by atoms with Crippen molar-refractivity contribution >= 4 is 49.9 Å². The molecular weight excluding hydrogens is 584 g/mol. The van der Waals surface area contributed by atoms with Crippen LogP contribution in [0.4, 0.5) is 0 Å².